The number of aliphatic carboxylic acids is 1. The van der Waals surface area contributed by atoms with Crippen LogP contribution in [0.2, 0.25) is 0 Å². The highest BCUT2D eigenvalue weighted by Gasteiger charge is 2.13. The highest BCUT2D eigenvalue weighted by molar-refractivity contribution is 8.00. The van der Waals surface area contributed by atoms with Gasteiger partial charge in [-0.1, -0.05) is 0 Å². The van der Waals surface area contributed by atoms with Gasteiger partial charge in [0.1, 0.15) is 5.82 Å². The Kier molecular flexibility index (Phi) is 5.51. The fourth-order valence-electron chi connectivity index (χ4n) is 1.37. The average Bonchev–Trinajstić information content (AvgIpc) is 2.33. The van der Waals surface area contributed by atoms with Crippen molar-refractivity contribution in [3.05, 3.63) is 29.1 Å². The molecule has 8 heteroatoms. The zero-order chi connectivity index (χ0) is 15.3. The molecule has 0 heterocycles. The number of primary amides is 1. The first-order valence-corrected chi connectivity index (χ1v) is 6.66. The summed E-state index contributed by atoms with van der Waals surface area (Å²) in [5.41, 5.74) is 5.32. The summed E-state index contributed by atoms with van der Waals surface area (Å²) in [6.07, 6.45) is 0. The quantitative estimate of drug-likeness (QED) is 0.725. The van der Waals surface area contributed by atoms with Crippen molar-refractivity contribution in [2.45, 2.75) is 6.92 Å². The van der Waals surface area contributed by atoms with Crippen LogP contribution >= 0.6 is 11.8 Å². The van der Waals surface area contributed by atoms with Crippen LogP contribution in [0.15, 0.2) is 12.1 Å². The second kappa shape index (κ2) is 6.90. The third-order valence-corrected chi connectivity index (χ3v) is 3.28. The molecule has 0 unspecified atom stereocenters. The third kappa shape index (κ3) is 4.54. The summed E-state index contributed by atoms with van der Waals surface area (Å²) in [7, 11) is 0. The number of halogens is 1. The molecule has 0 bridgehead atoms. The van der Waals surface area contributed by atoms with E-state index in [0.717, 1.165) is 17.8 Å². The summed E-state index contributed by atoms with van der Waals surface area (Å²) in [6, 6.07) is 2.27. The second-order valence-corrected chi connectivity index (χ2v) is 4.92. The standard InChI is InChI=1S/C12H13FN2O4S/c1-6-8(13)2-7(12(14)19)3-9(6)15-10(16)4-20-5-11(17)18/h2-3H,4-5H2,1H3,(H2,14,19)(H,15,16)(H,17,18). The molecule has 6 nitrogen and oxygen atoms in total. The lowest BCUT2D eigenvalue weighted by Gasteiger charge is -2.10. The Hall–Kier alpha value is -2.09. The molecule has 4 N–H and O–H groups in total. The van der Waals surface area contributed by atoms with Gasteiger partial charge in [-0.15, -0.1) is 11.8 Å². The van der Waals surface area contributed by atoms with Crippen molar-refractivity contribution in [2.24, 2.45) is 5.73 Å². The van der Waals surface area contributed by atoms with E-state index in [0.29, 0.717) is 0 Å². The van der Waals surface area contributed by atoms with Gasteiger partial charge in [0.2, 0.25) is 11.8 Å². The van der Waals surface area contributed by atoms with E-state index in [-0.39, 0.29) is 28.3 Å². The number of hydrogen-bond acceptors (Lipinski definition) is 4. The molecule has 0 saturated heterocycles. The number of anilines is 1. The normalized spacial score (nSPS) is 10.1. The number of carboxylic acids is 1. The van der Waals surface area contributed by atoms with Crippen LogP contribution in [-0.2, 0) is 9.59 Å². The molecule has 0 saturated carbocycles. The summed E-state index contributed by atoms with van der Waals surface area (Å²) in [4.78, 5) is 32.9. The van der Waals surface area contributed by atoms with Crippen LogP contribution < -0.4 is 11.1 Å². The van der Waals surface area contributed by atoms with Gasteiger partial charge in [0.05, 0.1) is 11.5 Å². The van der Waals surface area contributed by atoms with E-state index in [1.54, 1.807) is 0 Å². The van der Waals surface area contributed by atoms with Gasteiger partial charge in [-0.05, 0) is 19.1 Å². The molecule has 1 aromatic rings. The molecule has 1 rings (SSSR count). The number of nitrogens with two attached hydrogens (primary N) is 1. The maximum absolute atomic E-state index is 13.6. The van der Waals surface area contributed by atoms with E-state index in [1.165, 1.54) is 13.0 Å². The van der Waals surface area contributed by atoms with Crippen LogP contribution in [-0.4, -0.2) is 34.4 Å². The summed E-state index contributed by atoms with van der Waals surface area (Å²) in [5, 5.41) is 10.9. The van der Waals surface area contributed by atoms with E-state index >= 15 is 0 Å². The van der Waals surface area contributed by atoms with Crippen LogP contribution in [0.4, 0.5) is 10.1 Å². The Labute approximate surface area is 118 Å². The topological polar surface area (TPSA) is 109 Å². The molecule has 1 aromatic carbocycles. The molecular weight excluding hydrogens is 287 g/mol. The first-order chi connectivity index (χ1) is 9.31. The van der Waals surface area contributed by atoms with Crippen molar-refractivity contribution in [3.8, 4) is 0 Å². The van der Waals surface area contributed by atoms with Gasteiger partial charge in [-0.25, -0.2) is 4.39 Å². The first-order valence-electron chi connectivity index (χ1n) is 5.50. The maximum atomic E-state index is 13.6. The molecule has 0 aromatic heterocycles. The highest BCUT2D eigenvalue weighted by atomic mass is 32.2. The summed E-state index contributed by atoms with van der Waals surface area (Å²) < 4.78 is 13.6. The molecule has 20 heavy (non-hydrogen) atoms. The SMILES string of the molecule is Cc1c(F)cc(C(N)=O)cc1NC(=O)CSCC(=O)O. The van der Waals surface area contributed by atoms with Crippen LogP contribution in [0.1, 0.15) is 15.9 Å². The lowest BCUT2D eigenvalue weighted by molar-refractivity contribution is -0.133. The smallest absolute Gasteiger partial charge is 0.313 e. The number of carboxylic acid groups (broad SMARTS) is 1. The van der Waals surface area contributed by atoms with E-state index in [4.69, 9.17) is 10.8 Å². The van der Waals surface area contributed by atoms with Crippen molar-refractivity contribution in [2.75, 3.05) is 16.8 Å². The van der Waals surface area contributed by atoms with Gasteiger partial charge in [0.25, 0.3) is 0 Å². The number of carbonyl (C=O) groups is 3. The second-order valence-electron chi connectivity index (χ2n) is 3.93. The van der Waals surface area contributed by atoms with Gasteiger partial charge < -0.3 is 16.2 Å². The van der Waals surface area contributed by atoms with E-state index < -0.39 is 23.6 Å². The molecule has 0 atom stereocenters. The van der Waals surface area contributed by atoms with Crippen molar-refractivity contribution >= 4 is 35.2 Å². The van der Waals surface area contributed by atoms with Crippen molar-refractivity contribution in [1.82, 2.24) is 0 Å². The fraction of sp³-hybridized carbons (Fsp3) is 0.250. The molecule has 0 aliphatic heterocycles. The zero-order valence-electron chi connectivity index (χ0n) is 10.6. The molecule has 0 spiro atoms. The average molecular weight is 300 g/mol. The Morgan fingerprint density at radius 2 is 2.00 bits per heavy atom. The number of rotatable bonds is 6. The molecular formula is C12H13FN2O4S. The predicted octanol–water partition coefficient (Wildman–Crippen LogP) is 0.989. The summed E-state index contributed by atoms with van der Waals surface area (Å²) >= 11 is 0.912. The first kappa shape index (κ1) is 16.0. The number of amides is 2. The number of nitrogens with one attached hydrogen (secondary N) is 1. The van der Waals surface area contributed by atoms with Gasteiger partial charge in [0.15, 0.2) is 0 Å². The van der Waals surface area contributed by atoms with Gasteiger partial charge in [-0.3, -0.25) is 14.4 Å². The Morgan fingerprint density at radius 1 is 1.35 bits per heavy atom. The summed E-state index contributed by atoms with van der Waals surface area (Å²) in [6.45, 7) is 1.44. The minimum atomic E-state index is -1.03. The van der Waals surface area contributed by atoms with Gasteiger partial charge in [-0.2, -0.15) is 0 Å². The lowest BCUT2D eigenvalue weighted by atomic mass is 10.1. The number of hydrogen-bond donors (Lipinski definition) is 3. The minimum Gasteiger partial charge on any atom is -0.481 e. The largest absolute Gasteiger partial charge is 0.481 e. The van der Waals surface area contributed by atoms with E-state index in [1.807, 2.05) is 0 Å². The molecule has 2 amide bonds. The van der Waals surface area contributed by atoms with Crippen LogP contribution in [0.3, 0.4) is 0 Å². The summed E-state index contributed by atoms with van der Waals surface area (Å²) in [5.74, 6) is -3.27. The number of carbonyl (C=O) groups excluding carboxylic acids is 2. The predicted molar refractivity (Wildman–Crippen MR) is 73.2 cm³/mol. The van der Waals surface area contributed by atoms with Crippen molar-refractivity contribution < 1.29 is 23.9 Å². The Morgan fingerprint density at radius 3 is 2.55 bits per heavy atom. The molecule has 0 radical (unpaired) electrons. The molecule has 0 aliphatic rings. The van der Waals surface area contributed by atoms with Gasteiger partial charge >= 0.3 is 5.97 Å². The number of thioether (sulfide) groups is 1. The van der Waals surface area contributed by atoms with E-state index in [2.05, 4.69) is 5.32 Å². The third-order valence-electron chi connectivity index (χ3n) is 2.36. The van der Waals surface area contributed by atoms with Crippen LogP contribution in [0.5, 0.6) is 0 Å². The fourth-order valence-corrected chi connectivity index (χ4v) is 1.90. The Balaban J connectivity index is 2.78. The lowest BCUT2D eigenvalue weighted by Crippen LogP contribution is -2.18. The number of benzene rings is 1. The van der Waals surface area contributed by atoms with E-state index in [9.17, 15) is 18.8 Å². The van der Waals surface area contributed by atoms with Crippen LogP contribution in [0, 0.1) is 12.7 Å². The Bertz CT molecular complexity index is 563. The highest BCUT2D eigenvalue weighted by Crippen LogP contribution is 2.21. The monoisotopic (exact) mass is 300 g/mol. The van der Waals surface area contributed by atoms with Crippen LogP contribution in [0.25, 0.3) is 0 Å². The van der Waals surface area contributed by atoms with Crippen molar-refractivity contribution in [1.29, 1.82) is 0 Å². The maximum Gasteiger partial charge on any atom is 0.313 e. The molecule has 0 fully saturated rings. The molecule has 0 aliphatic carbocycles. The van der Waals surface area contributed by atoms with Gasteiger partial charge in [0, 0.05) is 16.8 Å². The minimum absolute atomic E-state index is 0.0541. The zero-order valence-corrected chi connectivity index (χ0v) is 11.4. The van der Waals surface area contributed by atoms with Crippen molar-refractivity contribution in [3.63, 3.8) is 0 Å². The molecule has 108 valence electrons.